The van der Waals surface area contributed by atoms with E-state index >= 15 is 0 Å². The van der Waals surface area contributed by atoms with Gasteiger partial charge in [0.25, 0.3) is 5.91 Å². The lowest BCUT2D eigenvalue weighted by Gasteiger charge is -2.34. The molecule has 5 aromatic rings. The first-order chi connectivity index (χ1) is 28.3. The number of ether oxygens (including phenoxy) is 2. The van der Waals surface area contributed by atoms with Crippen LogP contribution in [0.25, 0.3) is 11.0 Å². The van der Waals surface area contributed by atoms with Crippen LogP contribution in [0.3, 0.4) is 0 Å². The van der Waals surface area contributed by atoms with Gasteiger partial charge in [-0.1, -0.05) is 35.4 Å². The summed E-state index contributed by atoms with van der Waals surface area (Å²) in [5.74, 6) is 2.09. The number of carbonyl (C=O) groups is 1. The molecule has 0 bridgehead atoms. The van der Waals surface area contributed by atoms with Gasteiger partial charge in [0, 0.05) is 86.3 Å². The van der Waals surface area contributed by atoms with Crippen molar-refractivity contribution in [2.24, 2.45) is 5.92 Å². The molecule has 2 aromatic heterocycles. The highest BCUT2D eigenvalue weighted by atomic mass is 35.5. The van der Waals surface area contributed by atoms with Gasteiger partial charge in [-0.15, -0.1) is 0 Å². The molecule has 11 nitrogen and oxygen atoms in total. The van der Waals surface area contributed by atoms with Gasteiger partial charge in [0.05, 0.1) is 23.1 Å². The van der Waals surface area contributed by atoms with Gasteiger partial charge in [0.1, 0.15) is 17.1 Å². The minimum absolute atomic E-state index is 0.254. The number of aromatic amines is 1. The predicted molar refractivity (Wildman–Crippen MR) is 238 cm³/mol. The van der Waals surface area contributed by atoms with Crippen LogP contribution < -0.4 is 25.4 Å². The van der Waals surface area contributed by atoms with Gasteiger partial charge in [-0.25, -0.2) is 4.98 Å². The van der Waals surface area contributed by atoms with Crippen LogP contribution in [0.15, 0.2) is 102 Å². The molecule has 0 spiro atoms. The highest BCUT2D eigenvalue weighted by molar-refractivity contribution is 7.98. The quantitative estimate of drug-likeness (QED) is 0.0526. The third-order valence-corrected chi connectivity index (χ3v) is 11.8. The van der Waals surface area contributed by atoms with E-state index < -0.39 is 0 Å². The molecule has 308 valence electrons. The molecule has 3 aliphatic rings. The molecular weight excluding hydrogens is 770 g/mol. The number of likely N-dealkylation sites (N-methyl/N-ethyl adjacent to an activating group) is 1. The van der Waals surface area contributed by atoms with E-state index in [1.165, 1.54) is 42.3 Å². The Balaban J connectivity index is 0.000000297. The zero-order valence-electron chi connectivity index (χ0n) is 33.7. The number of hydrogen-bond acceptors (Lipinski definition) is 10. The number of aliphatic hydroxyl groups is 1. The van der Waals surface area contributed by atoms with Crippen LogP contribution in [-0.2, 0) is 4.74 Å². The number of aromatic nitrogens is 2. The second-order valence-electron chi connectivity index (χ2n) is 15.0. The van der Waals surface area contributed by atoms with E-state index in [1.807, 2.05) is 66.9 Å². The summed E-state index contributed by atoms with van der Waals surface area (Å²) in [5, 5.41) is 12.2. The number of aliphatic hydroxyl groups excluding tert-OH is 1. The topological polar surface area (TPSA) is 141 Å². The van der Waals surface area contributed by atoms with Crippen LogP contribution in [0, 0.1) is 5.92 Å². The van der Waals surface area contributed by atoms with E-state index in [0.717, 1.165) is 98.2 Å². The molecule has 13 heteroatoms. The highest BCUT2D eigenvalue weighted by Crippen LogP contribution is 2.34. The zero-order chi connectivity index (χ0) is 40.9. The Morgan fingerprint density at radius 1 is 1.02 bits per heavy atom. The Kier molecular flexibility index (Phi) is 15.8. The normalized spacial score (nSPS) is 17.3. The molecule has 1 unspecified atom stereocenters. The SMILES string of the molecule is CC1=CCCC(c2ccc(Cl)cc2)C1.CN1CCN(c2ccc(C(=O)NSc3ccc(NCC4CCOCC4)c(N)c3)c(Oc3cnc4[nH]ccc4c3)c2)CC1.CO. The first kappa shape index (κ1) is 42.9. The molecule has 2 aliphatic heterocycles. The number of nitrogens with one attached hydrogen (secondary N) is 3. The van der Waals surface area contributed by atoms with E-state index in [-0.39, 0.29) is 5.91 Å². The average molecular weight is 827 g/mol. The molecule has 2 fully saturated rings. The fraction of sp³-hybridized carbons (Fsp3) is 0.378. The average Bonchev–Trinajstić information content (AvgIpc) is 3.73. The van der Waals surface area contributed by atoms with Crippen molar-refractivity contribution in [3.05, 3.63) is 113 Å². The van der Waals surface area contributed by atoms with Gasteiger partial charge in [-0.3, -0.25) is 9.52 Å². The van der Waals surface area contributed by atoms with E-state index in [9.17, 15) is 4.79 Å². The number of amides is 1. The Labute approximate surface area is 351 Å². The van der Waals surface area contributed by atoms with E-state index in [2.05, 4.69) is 62.0 Å². The Morgan fingerprint density at radius 2 is 1.79 bits per heavy atom. The van der Waals surface area contributed by atoms with Crippen molar-refractivity contribution in [2.75, 3.05) is 76.0 Å². The number of nitrogens with two attached hydrogens (primary N) is 1. The monoisotopic (exact) mass is 825 g/mol. The van der Waals surface area contributed by atoms with Crippen molar-refractivity contribution in [1.82, 2.24) is 19.6 Å². The summed E-state index contributed by atoms with van der Waals surface area (Å²) in [6.07, 6.45) is 11.7. The van der Waals surface area contributed by atoms with Gasteiger partial charge in [-0.2, -0.15) is 0 Å². The summed E-state index contributed by atoms with van der Waals surface area (Å²) in [5.41, 5.74) is 13.1. The second-order valence-corrected chi connectivity index (χ2v) is 16.3. The van der Waals surface area contributed by atoms with Crippen molar-refractivity contribution < 1.29 is 19.4 Å². The maximum atomic E-state index is 13.5. The van der Waals surface area contributed by atoms with Crippen molar-refractivity contribution in [3.63, 3.8) is 0 Å². The molecule has 8 rings (SSSR count). The van der Waals surface area contributed by atoms with Gasteiger partial charge < -0.3 is 40.4 Å². The van der Waals surface area contributed by atoms with Gasteiger partial charge >= 0.3 is 0 Å². The number of hydrogen-bond donors (Lipinski definition) is 5. The lowest BCUT2D eigenvalue weighted by atomic mass is 9.84. The molecule has 4 heterocycles. The minimum atomic E-state index is -0.254. The maximum absolute atomic E-state index is 13.5. The van der Waals surface area contributed by atoms with E-state index in [4.69, 9.17) is 31.9 Å². The lowest BCUT2D eigenvalue weighted by Crippen LogP contribution is -2.44. The largest absolute Gasteiger partial charge is 0.455 e. The fourth-order valence-electron chi connectivity index (χ4n) is 7.40. The molecule has 1 amide bonds. The van der Waals surface area contributed by atoms with Crippen molar-refractivity contribution in [3.8, 4) is 11.5 Å². The summed E-state index contributed by atoms with van der Waals surface area (Å²) in [6.45, 7) is 8.53. The number of anilines is 3. The lowest BCUT2D eigenvalue weighted by molar-refractivity contribution is 0.0699. The number of fused-ring (bicyclic) bond motifs is 1. The molecule has 1 aliphatic carbocycles. The summed E-state index contributed by atoms with van der Waals surface area (Å²) < 4.78 is 14.7. The Morgan fingerprint density at radius 3 is 2.53 bits per heavy atom. The Hall–Kier alpha value is -4.72. The van der Waals surface area contributed by atoms with Crippen molar-refractivity contribution >= 4 is 57.6 Å². The van der Waals surface area contributed by atoms with E-state index in [1.54, 1.807) is 6.20 Å². The first-order valence-corrected chi connectivity index (χ1v) is 21.2. The van der Waals surface area contributed by atoms with Gasteiger partial charge in [0.2, 0.25) is 0 Å². The first-order valence-electron chi connectivity index (χ1n) is 20.0. The van der Waals surface area contributed by atoms with Crippen molar-refractivity contribution in [1.29, 1.82) is 0 Å². The maximum Gasteiger partial charge on any atom is 0.265 e. The van der Waals surface area contributed by atoms with Crippen LogP contribution >= 0.6 is 23.5 Å². The Bertz CT molecular complexity index is 2110. The zero-order valence-corrected chi connectivity index (χ0v) is 35.2. The van der Waals surface area contributed by atoms with Gasteiger partial charge in [-0.05, 0) is 130 Å². The van der Waals surface area contributed by atoms with Crippen molar-refractivity contribution in [2.45, 2.75) is 49.8 Å². The number of piperazine rings is 1. The summed E-state index contributed by atoms with van der Waals surface area (Å²) in [4.78, 5) is 26.5. The summed E-state index contributed by atoms with van der Waals surface area (Å²) in [7, 11) is 3.13. The number of H-pyrrole nitrogens is 1. The molecular formula is C45H56ClN7O4S. The van der Waals surface area contributed by atoms with Crippen LogP contribution in [-0.4, -0.2) is 86.0 Å². The van der Waals surface area contributed by atoms with Crippen LogP contribution in [0.4, 0.5) is 17.1 Å². The number of benzene rings is 3. The molecule has 1 atom stereocenters. The molecule has 3 aromatic carbocycles. The standard InChI is InChI=1S/C31H37N7O3S.C13H15Cl.CH4O/c1-37-10-12-38(13-11-37)23-2-4-26(29(17-23)41-24-16-22-6-9-33-30(22)35-20-24)31(39)36-42-25-3-5-28(27(32)18-25)34-19-21-7-14-40-15-8-21;1-10-3-2-4-12(9-10)11-5-7-13(14)8-6-11;1-2/h2-6,9,16-18,20-21,34H,7-8,10-15,19,32H2,1H3,(H,33,35)(H,36,39);3,5-8,12H,2,4,9H2,1H3;2H,1H3. The van der Waals surface area contributed by atoms with Crippen LogP contribution in [0.1, 0.15) is 60.9 Å². The number of allylic oxidation sites excluding steroid dienone is 2. The number of rotatable bonds is 10. The molecule has 58 heavy (non-hydrogen) atoms. The number of halogens is 1. The molecule has 6 N–H and O–H groups in total. The smallest absolute Gasteiger partial charge is 0.265 e. The number of pyridine rings is 1. The molecule has 0 radical (unpaired) electrons. The van der Waals surface area contributed by atoms with Crippen LogP contribution in [0.2, 0.25) is 5.02 Å². The summed E-state index contributed by atoms with van der Waals surface area (Å²) >= 11 is 7.10. The number of nitrogen functional groups attached to an aromatic ring is 1. The minimum Gasteiger partial charge on any atom is -0.455 e. The third-order valence-electron chi connectivity index (χ3n) is 10.8. The molecule has 0 saturated carbocycles. The second kappa shape index (κ2) is 21.3. The fourth-order valence-corrected chi connectivity index (χ4v) is 8.17. The van der Waals surface area contributed by atoms with E-state index in [0.29, 0.717) is 34.6 Å². The third kappa shape index (κ3) is 11.9. The van der Waals surface area contributed by atoms with Crippen LogP contribution in [0.5, 0.6) is 11.5 Å². The number of carbonyl (C=O) groups excluding carboxylic acids is 1. The summed E-state index contributed by atoms with van der Waals surface area (Å²) in [6, 6.07) is 23.7. The number of nitrogens with zero attached hydrogens (tertiary/aromatic N) is 3. The highest BCUT2D eigenvalue weighted by Gasteiger charge is 2.21. The molecule has 2 saturated heterocycles. The predicted octanol–water partition coefficient (Wildman–Crippen LogP) is 9.13. The van der Waals surface area contributed by atoms with Gasteiger partial charge in [0.15, 0.2) is 0 Å².